The summed E-state index contributed by atoms with van der Waals surface area (Å²) in [4.78, 5) is 13.7. The average Bonchev–Trinajstić information content (AvgIpc) is 2.93. The molecule has 3 fully saturated rings. The lowest BCUT2D eigenvalue weighted by Crippen LogP contribution is -2.65. The summed E-state index contributed by atoms with van der Waals surface area (Å²) in [6.45, 7) is 6.80. The van der Waals surface area contributed by atoms with Crippen molar-refractivity contribution in [1.82, 2.24) is 0 Å². The van der Waals surface area contributed by atoms with Crippen LogP contribution in [0.2, 0.25) is 0 Å². The molecule has 0 spiro atoms. The molecule has 0 amide bonds. The summed E-state index contributed by atoms with van der Waals surface area (Å²) < 4.78 is 13.1. The lowest BCUT2D eigenvalue weighted by molar-refractivity contribution is -0.946. The predicted octanol–water partition coefficient (Wildman–Crippen LogP) is 4.85. The van der Waals surface area contributed by atoms with Crippen LogP contribution in [0.3, 0.4) is 0 Å². The minimum atomic E-state index is -1.83. The SMILES string of the molecule is Cc1ccc(OCCC[N+]23CCC(CC2)C(OC(=O)C(O)(c2ccccc2)c2ccccc2)C3)cc1. The molecule has 188 valence electrons. The average molecular weight is 487 g/mol. The van der Waals surface area contributed by atoms with E-state index in [1.807, 2.05) is 48.5 Å². The smallest absolute Gasteiger partial charge is 0.348 e. The second-order valence-corrected chi connectivity index (χ2v) is 10.4. The summed E-state index contributed by atoms with van der Waals surface area (Å²) in [5.74, 6) is 0.680. The number of carbonyl (C=O) groups excluding carboxylic acids is 1. The van der Waals surface area contributed by atoms with Gasteiger partial charge in [0, 0.05) is 25.2 Å². The molecule has 6 rings (SSSR count). The molecule has 3 aliphatic heterocycles. The maximum Gasteiger partial charge on any atom is 0.348 e. The predicted molar refractivity (Wildman–Crippen MR) is 140 cm³/mol. The fourth-order valence-electron chi connectivity index (χ4n) is 5.88. The Bertz CT molecular complexity index is 1100. The van der Waals surface area contributed by atoms with Crippen LogP contribution in [-0.2, 0) is 15.1 Å². The van der Waals surface area contributed by atoms with Gasteiger partial charge < -0.3 is 19.1 Å². The van der Waals surface area contributed by atoms with E-state index in [0.717, 1.165) is 55.7 Å². The van der Waals surface area contributed by atoms with Gasteiger partial charge in [-0.3, -0.25) is 0 Å². The minimum Gasteiger partial charge on any atom is -0.493 e. The lowest BCUT2D eigenvalue weighted by Gasteiger charge is -2.52. The molecule has 3 aromatic rings. The monoisotopic (exact) mass is 486 g/mol. The number of hydrogen-bond acceptors (Lipinski definition) is 4. The quantitative estimate of drug-likeness (QED) is 0.267. The topological polar surface area (TPSA) is 55.8 Å². The van der Waals surface area contributed by atoms with E-state index in [1.165, 1.54) is 5.56 Å². The number of quaternary nitrogens is 1. The Morgan fingerprint density at radius 1 is 0.917 bits per heavy atom. The largest absolute Gasteiger partial charge is 0.493 e. The van der Waals surface area contributed by atoms with Gasteiger partial charge in [-0.25, -0.2) is 4.79 Å². The molecule has 0 aliphatic carbocycles. The van der Waals surface area contributed by atoms with Crippen molar-refractivity contribution in [3.05, 3.63) is 102 Å². The Kier molecular flexibility index (Phi) is 7.13. The van der Waals surface area contributed by atoms with Crippen LogP contribution in [0.1, 0.15) is 36.0 Å². The molecule has 0 radical (unpaired) electrons. The molecular formula is C31H36NO4+. The molecule has 1 atom stereocenters. The van der Waals surface area contributed by atoms with Gasteiger partial charge in [0.05, 0.1) is 26.2 Å². The molecule has 3 saturated heterocycles. The molecule has 5 heteroatoms. The maximum atomic E-state index is 13.7. The van der Waals surface area contributed by atoms with Gasteiger partial charge in [-0.15, -0.1) is 0 Å². The van der Waals surface area contributed by atoms with Crippen molar-refractivity contribution >= 4 is 5.97 Å². The highest BCUT2D eigenvalue weighted by molar-refractivity contribution is 5.85. The van der Waals surface area contributed by atoms with E-state index >= 15 is 0 Å². The zero-order valence-corrected chi connectivity index (χ0v) is 21.0. The molecule has 3 aromatic carbocycles. The molecule has 3 aliphatic rings. The number of ether oxygens (including phenoxy) is 2. The van der Waals surface area contributed by atoms with Gasteiger partial charge in [0.15, 0.2) is 6.10 Å². The zero-order chi connectivity index (χ0) is 25.0. The number of benzene rings is 3. The van der Waals surface area contributed by atoms with Crippen LogP contribution in [0.15, 0.2) is 84.9 Å². The van der Waals surface area contributed by atoms with Crippen molar-refractivity contribution in [1.29, 1.82) is 0 Å². The van der Waals surface area contributed by atoms with E-state index in [1.54, 1.807) is 24.3 Å². The second kappa shape index (κ2) is 10.5. The van der Waals surface area contributed by atoms with Crippen LogP contribution in [0.25, 0.3) is 0 Å². The molecular weight excluding hydrogens is 450 g/mol. The summed E-state index contributed by atoms with van der Waals surface area (Å²) in [6, 6.07) is 26.4. The van der Waals surface area contributed by atoms with Crippen molar-refractivity contribution < 1.29 is 23.9 Å². The molecule has 1 N–H and O–H groups in total. The van der Waals surface area contributed by atoms with E-state index in [9.17, 15) is 9.90 Å². The van der Waals surface area contributed by atoms with Gasteiger partial charge in [-0.2, -0.15) is 0 Å². The van der Waals surface area contributed by atoms with E-state index in [2.05, 4.69) is 19.1 Å². The highest BCUT2D eigenvalue weighted by atomic mass is 16.6. The molecule has 2 bridgehead atoms. The number of rotatable bonds is 9. The molecule has 3 heterocycles. The Labute approximate surface area is 213 Å². The summed E-state index contributed by atoms with van der Waals surface area (Å²) >= 11 is 0. The third-order valence-corrected chi connectivity index (χ3v) is 8.04. The third kappa shape index (κ3) is 5.04. The fraction of sp³-hybridized carbons (Fsp3) is 0.387. The van der Waals surface area contributed by atoms with Crippen LogP contribution in [0.4, 0.5) is 0 Å². The lowest BCUT2D eigenvalue weighted by atomic mass is 9.82. The van der Waals surface area contributed by atoms with Crippen LogP contribution in [0, 0.1) is 12.8 Å². The number of aliphatic hydroxyl groups is 1. The van der Waals surface area contributed by atoms with Crippen molar-refractivity contribution in [2.75, 3.05) is 32.8 Å². The summed E-state index contributed by atoms with van der Waals surface area (Å²) in [7, 11) is 0. The van der Waals surface area contributed by atoms with Gasteiger partial charge in [0.25, 0.3) is 0 Å². The van der Waals surface area contributed by atoms with E-state index < -0.39 is 11.6 Å². The Morgan fingerprint density at radius 3 is 2.08 bits per heavy atom. The first-order valence-corrected chi connectivity index (χ1v) is 13.1. The number of fused-ring (bicyclic) bond motifs is 3. The first-order valence-electron chi connectivity index (χ1n) is 13.1. The Balaban J connectivity index is 1.25. The molecule has 36 heavy (non-hydrogen) atoms. The summed E-state index contributed by atoms with van der Waals surface area (Å²) in [5.41, 5.74) is 0.449. The third-order valence-electron chi connectivity index (χ3n) is 8.04. The Morgan fingerprint density at radius 2 is 1.50 bits per heavy atom. The van der Waals surface area contributed by atoms with E-state index in [0.29, 0.717) is 23.7 Å². The number of aryl methyl sites for hydroxylation is 1. The van der Waals surface area contributed by atoms with Gasteiger partial charge >= 0.3 is 5.97 Å². The van der Waals surface area contributed by atoms with Gasteiger partial charge in [-0.1, -0.05) is 78.4 Å². The van der Waals surface area contributed by atoms with Crippen molar-refractivity contribution in [3.63, 3.8) is 0 Å². The molecule has 0 saturated carbocycles. The number of esters is 1. The number of nitrogens with zero attached hydrogens (tertiary/aromatic N) is 1. The molecule has 5 nitrogen and oxygen atoms in total. The number of carbonyl (C=O) groups is 1. The van der Waals surface area contributed by atoms with E-state index in [-0.39, 0.29) is 6.10 Å². The van der Waals surface area contributed by atoms with Crippen LogP contribution >= 0.6 is 0 Å². The highest BCUT2D eigenvalue weighted by Crippen LogP contribution is 2.38. The summed E-state index contributed by atoms with van der Waals surface area (Å²) in [5, 5.41) is 11.8. The fourth-order valence-corrected chi connectivity index (χ4v) is 5.88. The van der Waals surface area contributed by atoms with Gasteiger partial charge in [-0.05, 0) is 30.2 Å². The zero-order valence-electron chi connectivity index (χ0n) is 21.0. The second-order valence-electron chi connectivity index (χ2n) is 10.4. The standard InChI is InChI=1S/C31H36NO4/c1-24-13-15-28(16-14-24)35-22-8-19-32-20-17-25(18-21-32)29(23-32)36-30(33)31(34,26-9-4-2-5-10-26)27-11-6-3-7-12-27/h2-7,9-16,25,29,34H,8,17-23H2,1H3/q+1. The first kappa shape index (κ1) is 24.5. The normalized spacial score (nSPS) is 23.3. The molecule has 0 aromatic heterocycles. The molecule has 1 unspecified atom stereocenters. The van der Waals surface area contributed by atoms with Crippen molar-refractivity contribution in [2.45, 2.75) is 37.9 Å². The Hall–Kier alpha value is -3.15. The number of hydrogen-bond donors (Lipinski definition) is 1. The minimum absolute atomic E-state index is 0.183. The number of piperidine rings is 3. The van der Waals surface area contributed by atoms with Gasteiger partial charge in [0.2, 0.25) is 5.60 Å². The van der Waals surface area contributed by atoms with Crippen LogP contribution < -0.4 is 4.74 Å². The first-order chi connectivity index (χ1) is 17.5. The van der Waals surface area contributed by atoms with Crippen molar-refractivity contribution in [2.24, 2.45) is 5.92 Å². The summed E-state index contributed by atoms with van der Waals surface area (Å²) in [6.07, 6.45) is 2.87. The van der Waals surface area contributed by atoms with Gasteiger partial charge in [0.1, 0.15) is 12.3 Å². The van der Waals surface area contributed by atoms with E-state index in [4.69, 9.17) is 9.47 Å². The van der Waals surface area contributed by atoms with Crippen LogP contribution in [0.5, 0.6) is 5.75 Å². The maximum absolute atomic E-state index is 13.7. The highest BCUT2D eigenvalue weighted by Gasteiger charge is 2.50. The van der Waals surface area contributed by atoms with Crippen molar-refractivity contribution in [3.8, 4) is 5.75 Å². The van der Waals surface area contributed by atoms with Crippen LogP contribution in [-0.4, -0.2) is 54.4 Å².